The fourth-order valence-electron chi connectivity index (χ4n) is 0.383. The Morgan fingerprint density at radius 1 is 1.36 bits per heavy atom. The number of nitriles is 3. The summed E-state index contributed by atoms with van der Waals surface area (Å²) in [6.45, 7) is 5.66. The highest BCUT2D eigenvalue weighted by Crippen LogP contribution is 2.08. The molecule has 0 atom stereocenters. The van der Waals surface area contributed by atoms with Crippen LogP contribution in [0.15, 0.2) is 0 Å². The molecule has 0 rings (SSSR count). The Hall–Kier alpha value is -2.77. The van der Waals surface area contributed by atoms with E-state index in [2.05, 4.69) is 14.3 Å². The molecule has 0 aromatic rings. The quantitative estimate of drug-likeness (QED) is 0.458. The van der Waals surface area contributed by atoms with E-state index in [0.717, 1.165) is 0 Å². The molecule has 14 heavy (non-hydrogen) atoms. The number of nitrogens with zero attached hydrogens (tertiary/aromatic N) is 4. The molecule has 0 aliphatic rings. The third-order valence-corrected chi connectivity index (χ3v) is 0.956. The van der Waals surface area contributed by atoms with E-state index in [0.29, 0.717) is 0 Å². The SMILES string of the molecule is [C-]#[N+]COC(=O)OC(C#N)(C#N)C#N. The predicted octanol–water partition coefficient (Wildman–Crippen LogP) is 0.326. The highest BCUT2D eigenvalue weighted by molar-refractivity contribution is 5.63. The molecule has 0 N–H and O–H groups in total. The van der Waals surface area contributed by atoms with Gasteiger partial charge in [-0.3, -0.25) is 4.85 Å². The van der Waals surface area contributed by atoms with Gasteiger partial charge in [0, 0.05) is 0 Å². The van der Waals surface area contributed by atoms with Crippen molar-refractivity contribution in [2.24, 2.45) is 0 Å². The maximum Gasteiger partial charge on any atom is 0.517 e. The molecule has 7 nitrogen and oxygen atoms in total. The molecular formula is C7H2N4O3. The van der Waals surface area contributed by atoms with E-state index in [-0.39, 0.29) is 0 Å². The van der Waals surface area contributed by atoms with Crippen LogP contribution in [0.4, 0.5) is 4.79 Å². The van der Waals surface area contributed by atoms with Gasteiger partial charge in [-0.2, -0.15) is 15.8 Å². The number of carbonyl (C=O) groups excluding carboxylic acids is 1. The van der Waals surface area contributed by atoms with E-state index in [1.807, 2.05) is 0 Å². The Morgan fingerprint density at radius 3 is 2.21 bits per heavy atom. The largest absolute Gasteiger partial charge is 0.517 e. The summed E-state index contributed by atoms with van der Waals surface area (Å²) < 4.78 is 8.18. The van der Waals surface area contributed by atoms with E-state index in [9.17, 15) is 4.79 Å². The van der Waals surface area contributed by atoms with Gasteiger partial charge >= 0.3 is 18.5 Å². The van der Waals surface area contributed by atoms with Crippen LogP contribution in [0.5, 0.6) is 0 Å². The molecule has 0 aliphatic carbocycles. The average Bonchev–Trinajstić information content (AvgIpc) is 2.23. The first kappa shape index (κ1) is 11.2. The minimum Gasteiger partial charge on any atom is -0.384 e. The topological polar surface area (TPSA) is 111 Å². The lowest BCUT2D eigenvalue weighted by atomic mass is 10.1. The van der Waals surface area contributed by atoms with Crippen LogP contribution in [0.25, 0.3) is 4.85 Å². The fraction of sp³-hybridized carbons (Fsp3) is 0.286. The summed E-state index contributed by atoms with van der Waals surface area (Å²) in [4.78, 5) is 13.3. The van der Waals surface area contributed by atoms with Crippen LogP contribution in [0.2, 0.25) is 0 Å². The maximum atomic E-state index is 10.7. The monoisotopic (exact) mass is 190 g/mol. The van der Waals surface area contributed by atoms with Crippen molar-refractivity contribution >= 4 is 6.16 Å². The zero-order valence-corrected chi connectivity index (χ0v) is 6.72. The van der Waals surface area contributed by atoms with Gasteiger partial charge in [0.25, 0.3) is 0 Å². The zero-order valence-electron chi connectivity index (χ0n) is 6.72. The van der Waals surface area contributed by atoms with E-state index in [1.54, 1.807) is 0 Å². The van der Waals surface area contributed by atoms with Crippen LogP contribution in [0, 0.1) is 40.6 Å². The molecule has 0 saturated carbocycles. The van der Waals surface area contributed by atoms with Crippen molar-refractivity contribution in [3.63, 3.8) is 0 Å². The lowest BCUT2D eigenvalue weighted by Gasteiger charge is -2.08. The summed E-state index contributed by atoms with van der Waals surface area (Å²) in [5, 5.41) is 25.1. The molecule has 0 amide bonds. The molecule has 68 valence electrons. The van der Waals surface area contributed by atoms with Crippen molar-refractivity contribution in [1.29, 1.82) is 15.8 Å². The Kier molecular flexibility index (Phi) is 3.99. The van der Waals surface area contributed by atoms with Crippen LogP contribution in [0.1, 0.15) is 0 Å². The first-order valence-electron chi connectivity index (χ1n) is 3.07. The third kappa shape index (κ3) is 2.70. The van der Waals surface area contributed by atoms with Crippen molar-refractivity contribution < 1.29 is 14.3 Å². The summed E-state index contributed by atoms with van der Waals surface area (Å²) >= 11 is 0. The molecule has 0 radical (unpaired) electrons. The van der Waals surface area contributed by atoms with E-state index >= 15 is 0 Å². The molecule has 0 fully saturated rings. The summed E-state index contributed by atoms with van der Waals surface area (Å²) in [7, 11) is 0. The number of rotatable bonds is 2. The Bertz CT molecular complexity index is 353. The second kappa shape index (κ2) is 4.98. The second-order valence-corrected chi connectivity index (χ2v) is 1.80. The van der Waals surface area contributed by atoms with Gasteiger partial charge in [0.2, 0.25) is 0 Å². The molecule has 0 aliphatic heterocycles. The van der Waals surface area contributed by atoms with E-state index in [4.69, 9.17) is 22.4 Å². The lowest BCUT2D eigenvalue weighted by Crippen LogP contribution is -2.30. The third-order valence-electron chi connectivity index (χ3n) is 0.956. The van der Waals surface area contributed by atoms with Gasteiger partial charge < -0.3 is 9.47 Å². The Morgan fingerprint density at radius 2 is 1.86 bits per heavy atom. The number of hydrogen-bond donors (Lipinski definition) is 0. The fourth-order valence-corrected chi connectivity index (χ4v) is 0.383. The van der Waals surface area contributed by atoms with E-state index in [1.165, 1.54) is 18.2 Å². The van der Waals surface area contributed by atoms with Crippen molar-refractivity contribution in [1.82, 2.24) is 0 Å². The highest BCUT2D eigenvalue weighted by atomic mass is 16.7. The smallest absolute Gasteiger partial charge is 0.384 e. The van der Waals surface area contributed by atoms with Crippen molar-refractivity contribution in [3.05, 3.63) is 11.4 Å². The van der Waals surface area contributed by atoms with Gasteiger partial charge in [-0.25, -0.2) is 11.4 Å². The molecule has 0 saturated heterocycles. The van der Waals surface area contributed by atoms with Gasteiger partial charge in [-0.15, -0.1) is 0 Å². The normalized spacial score (nSPS) is 8.29. The minimum absolute atomic E-state index is 0.600. The summed E-state index contributed by atoms with van der Waals surface area (Å²) in [6, 6.07) is 3.60. The summed E-state index contributed by atoms with van der Waals surface area (Å²) in [5.41, 5.74) is -2.51. The molecular weight excluding hydrogens is 188 g/mol. The number of hydrogen-bond acceptors (Lipinski definition) is 6. The predicted molar refractivity (Wildman–Crippen MR) is 38.6 cm³/mol. The molecule has 0 aromatic heterocycles. The molecule has 0 spiro atoms. The van der Waals surface area contributed by atoms with Crippen LogP contribution in [-0.2, 0) is 9.47 Å². The molecule has 0 bridgehead atoms. The molecule has 0 heterocycles. The van der Waals surface area contributed by atoms with Gasteiger partial charge in [0.15, 0.2) is 0 Å². The van der Waals surface area contributed by atoms with Crippen LogP contribution < -0.4 is 0 Å². The van der Waals surface area contributed by atoms with Crippen LogP contribution >= 0.6 is 0 Å². The lowest BCUT2D eigenvalue weighted by molar-refractivity contribution is 0.0402. The average molecular weight is 190 g/mol. The Labute approximate surface area is 79.1 Å². The number of ether oxygens (including phenoxy) is 2. The van der Waals surface area contributed by atoms with Crippen molar-refractivity contribution in [3.8, 4) is 18.2 Å². The first-order chi connectivity index (χ1) is 6.64. The highest BCUT2D eigenvalue weighted by Gasteiger charge is 2.36. The van der Waals surface area contributed by atoms with Crippen LogP contribution in [-0.4, -0.2) is 18.5 Å². The summed E-state index contributed by atoms with van der Waals surface area (Å²) in [6.07, 6.45) is -1.41. The minimum atomic E-state index is -2.51. The second-order valence-electron chi connectivity index (χ2n) is 1.80. The Balaban J connectivity index is 4.47. The van der Waals surface area contributed by atoms with E-state index < -0.39 is 18.5 Å². The maximum absolute atomic E-state index is 10.7. The van der Waals surface area contributed by atoms with Crippen LogP contribution in [0.3, 0.4) is 0 Å². The first-order valence-corrected chi connectivity index (χ1v) is 3.07. The number of carbonyl (C=O) groups is 1. The standard InChI is InChI=1S/C7H2N4O3/c1-11-5-13-6(12)14-7(2-8,3-9)4-10/h5H2. The summed E-state index contributed by atoms with van der Waals surface area (Å²) in [5.74, 6) is 0. The molecule has 0 unspecified atom stereocenters. The van der Waals surface area contributed by atoms with Crippen molar-refractivity contribution in [2.45, 2.75) is 5.60 Å². The van der Waals surface area contributed by atoms with Gasteiger partial charge in [0.05, 0.1) is 0 Å². The van der Waals surface area contributed by atoms with Gasteiger partial charge in [-0.05, 0) is 0 Å². The van der Waals surface area contributed by atoms with Gasteiger partial charge in [0.1, 0.15) is 18.2 Å². The van der Waals surface area contributed by atoms with Gasteiger partial charge in [-0.1, -0.05) is 0 Å². The molecule has 0 aromatic carbocycles. The molecule has 7 heteroatoms. The van der Waals surface area contributed by atoms with Crippen molar-refractivity contribution in [2.75, 3.05) is 6.73 Å². The zero-order chi connectivity index (χ0) is 11.0.